The third-order valence-corrected chi connectivity index (χ3v) is 5.74. The van der Waals surface area contributed by atoms with Crippen LogP contribution in [0, 0.1) is 0 Å². The molecular weight excluding hydrogens is 416 g/mol. The number of anilines is 1. The number of carbonyl (C=O) groups excluding carboxylic acids is 1. The van der Waals surface area contributed by atoms with E-state index in [1.165, 1.54) is 11.8 Å². The third kappa shape index (κ3) is 4.37. The molecule has 2 heterocycles. The molecule has 1 aliphatic rings. The predicted octanol–water partition coefficient (Wildman–Crippen LogP) is 5.08. The zero-order chi connectivity index (χ0) is 20.9. The predicted molar refractivity (Wildman–Crippen MR) is 124 cm³/mol. The van der Waals surface area contributed by atoms with Gasteiger partial charge in [0.2, 0.25) is 0 Å². The minimum atomic E-state index is -0.131. The number of rotatable bonds is 6. The van der Waals surface area contributed by atoms with E-state index >= 15 is 0 Å². The van der Waals surface area contributed by atoms with Gasteiger partial charge in [-0.15, -0.1) is 0 Å². The summed E-state index contributed by atoms with van der Waals surface area (Å²) in [7, 11) is 1.59. The summed E-state index contributed by atoms with van der Waals surface area (Å²) in [5.41, 5.74) is 2.61. The Kier molecular flexibility index (Phi) is 6.11. The summed E-state index contributed by atoms with van der Waals surface area (Å²) in [6.07, 6.45) is 5.27. The van der Waals surface area contributed by atoms with Crippen molar-refractivity contribution >= 4 is 46.0 Å². The van der Waals surface area contributed by atoms with Crippen molar-refractivity contribution in [2.45, 2.75) is 6.61 Å². The topological polar surface area (TPSA) is 51.7 Å². The molecule has 1 saturated heterocycles. The van der Waals surface area contributed by atoms with Crippen LogP contribution in [0.5, 0.6) is 11.5 Å². The van der Waals surface area contributed by atoms with Crippen molar-refractivity contribution in [3.8, 4) is 11.5 Å². The van der Waals surface area contributed by atoms with Crippen LogP contribution >= 0.6 is 24.0 Å². The lowest BCUT2D eigenvalue weighted by molar-refractivity contribution is -0.113. The molecule has 0 N–H and O–H groups in total. The Labute approximate surface area is 184 Å². The fraction of sp³-hybridized carbons (Fsp3) is 0.0870. The van der Waals surface area contributed by atoms with Gasteiger partial charge in [0, 0.05) is 12.4 Å². The van der Waals surface area contributed by atoms with Crippen LogP contribution in [0.1, 0.15) is 11.1 Å². The van der Waals surface area contributed by atoms with Gasteiger partial charge in [0.1, 0.15) is 6.61 Å². The molecule has 1 fully saturated rings. The van der Waals surface area contributed by atoms with Gasteiger partial charge in [0.05, 0.1) is 17.7 Å². The van der Waals surface area contributed by atoms with Crippen LogP contribution < -0.4 is 14.4 Å². The highest BCUT2D eigenvalue weighted by Gasteiger charge is 2.33. The van der Waals surface area contributed by atoms with E-state index in [2.05, 4.69) is 4.98 Å². The van der Waals surface area contributed by atoms with Crippen molar-refractivity contribution in [3.63, 3.8) is 0 Å². The summed E-state index contributed by atoms with van der Waals surface area (Å²) in [4.78, 5) is 19.0. The molecule has 3 aromatic rings. The van der Waals surface area contributed by atoms with Crippen LogP contribution in [0.3, 0.4) is 0 Å². The third-order valence-electron chi connectivity index (χ3n) is 4.44. The molecule has 1 amide bonds. The quantitative estimate of drug-likeness (QED) is 0.399. The number of ether oxygens (including phenoxy) is 2. The number of nitrogens with zero attached hydrogens (tertiary/aromatic N) is 2. The van der Waals surface area contributed by atoms with E-state index in [0.717, 1.165) is 16.8 Å². The van der Waals surface area contributed by atoms with Gasteiger partial charge in [0.25, 0.3) is 5.91 Å². The van der Waals surface area contributed by atoms with Crippen molar-refractivity contribution < 1.29 is 14.3 Å². The zero-order valence-corrected chi connectivity index (χ0v) is 17.8. The van der Waals surface area contributed by atoms with Crippen molar-refractivity contribution in [3.05, 3.63) is 89.1 Å². The number of thioether (sulfide) groups is 1. The number of methoxy groups -OCH3 is 1. The Morgan fingerprint density at radius 2 is 1.83 bits per heavy atom. The summed E-state index contributed by atoms with van der Waals surface area (Å²) in [6, 6.07) is 18.8. The van der Waals surface area contributed by atoms with Gasteiger partial charge >= 0.3 is 0 Å². The number of thiocarbonyl (C=S) groups is 1. The maximum absolute atomic E-state index is 12.9. The number of aromatic nitrogens is 1. The summed E-state index contributed by atoms with van der Waals surface area (Å²) < 4.78 is 11.9. The summed E-state index contributed by atoms with van der Waals surface area (Å²) in [5.74, 6) is 1.09. The number of amides is 1. The second-order valence-corrected chi connectivity index (χ2v) is 8.08. The van der Waals surface area contributed by atoms with Crippen molar-refractivity contribution in [2.75, 3.05) is 12.0 Å². The van der Waals surface area contributed by atoms with Gasteiger partial charge in [-0.25, -0.2) is 0 Å². The Morgan fingerprint density at radius 1 is 1.07 bits per heavy atom. The molecule has 30 heavy (non-hydrogen) atoms. The van der Waals surface area contributed by atoms with Crippen LogP contribution in [-0.4, -0.2) is 22.3 Å². The minimum Gasteiger partial charge on any atom is -0.493 e. The molecule has 7 heteroatoms. The van der Waals surface area contributed by atoms with Crippen LogP contribution in [0.4, 0.5) is 5.69 Å². The largest absolute Gasteiger partial charge is 0.493 e. The number of benzene rings is 2. The molecule has 5 nitrogen and oxygen atoms in total. The highest BCUT2D eigenvalue weighted by molar-refractivity contribution is 8.27. The lowest BCUT2D eigenvalue weighted by Gasteiger charge is -2.14. The molecular formula is C23H18N2O3S2. The van der Waals surface area contributed by atoms with E-state index in [4.69, 9.17) is 21.7 Å². The lowest BCUT2D eigenvalue weighted by atomic mass is 10.1. The Hall–Kier alpha value is -3.16. The van der Waals surface area contributed by atoms with E-state index in [0.29, 0.717) is 27.3 Å². The second-order valence-electron chi connectivity index (χ2n) is 6.41. The molecule has 1 aromatic heterocycles. The number of hydrogen-bond acceptors (Lipinski definition) is 6. The molecule has 0 atom stereocenters. The van der Waals surface area contributed by atoms with Crippen LogP contribution in [0.2, 0.25) is 0 Å². The SMILES string of the molecule is COc1cc(/C=C2/SC(=S)N(c3ccccc3)C2=O)ccc1OCc1ccncc1. The molecule has 1 aliphatic heterocycles. The fourth-order valence-corrected chi connectivity index (χ4v) is 4.25. The molecule has 0 aliphatic carbocycles. The first-order valence-corrected chi connectivity index (χ1v) is 10.4. The van der Waals surface area contributed by atoms with Gasteiger partial charge in [-0.05, 0) is 53.6 Å². The summed E-state index contributed by atoms with van der Waals surface area (Å²) >= 11 is 6.71. The standard InChI is InChI=1S/C23H18N2O3S2/c1-27-20-13-17(7-8-19(20)28-15-16-9-11-24-12-10-16)14-21-22(26)25(23(29)30-21)18-5-3-2-4-6-18/h2-14H,15H2,1H3/b21-14+. The maximum atomic E-state index is 12.9. The van der Waals surface area contributed by atoms with Crippen LogP contribution in [0.15, 0.2) is 78.0 Å². The molecule has 0 bridgehead atoms. The van der Waals surface area contributed by atoms with Crippen LogP contribution in [0.25, 0.3) is 6.08 Å². The Bertz CT molecular complexity index is 1100. The normalized spacial score (nSPS) is 15.0. The second kappa shape index (κ2) is 9.11. The highest BCUT2D eigenvalue weighted by atomic mass is 32.2. The van der Waals surface area contributed by atoms with Gasteiger partial charge in [0.15, 0.2) is 15.8 Å². The van der Waals surface area contributed by atoms with Crippen LogP contribution in [-0.2, 0) is 11.4 Å². The van der Waals surface area contributed by atoms with Crippen molar-refractivity contribution in [1.82, 2.24) is 4.98 Å². The van der Waals surface area contributed by atoms with Crippen molar-refractivity contribution in [1.29, 1.82) is 0 Å². The molecule has 2 aromatic carbocycles. The Balaban J connectivity index is 1.53. The average Bonchev–Trinajstić information content (AvgIpc) is 3.06. The van der Waals surface area contributed by atoms with Gasteiger partial charge in [-0.1, -0.05) is 48.2 Å². The first-order valence-electron chi connectivity index (χ1n) is 9.18. The fourth-order valence-electron chi connectivity index (χ4n) is 2.95. The smallest absolute Gasteiger partial charge is 0.270 e. The highest BCUT2D eigenvalue weighted by Crippen LogP contribution is 2.37. The maximum Gasteiger partial charge on any atom is 0.270 e. The monoisotopic (exact) mass is 434 g/mol. The number of pyridine rings is 1. The van der Waals surface area contributed by atoms with E-state index in [9.17, 15) is 4.79 Å². The molecule has 0 saturated carbocycles. The summed E-state index contributed by atoms with van der Waals surface area (Å²) in [5, 5.41) is 0. The minimum absolute atomic E-state index is 0.131. The Morgan fingerprint density at radius 3 is 2.57 bits per heavy atom. The van der Waals surface area contributed by atoms with Crippen molar-refractivity contribution in [2.24, 2.45) is 0 Å². The molecule has 0 spiro atoms. The molecule has 4 rings (SSSR count). The number of hydrogen-bond donors (Lipinski definition) is 0. The zero-order valence-electron chi connectivity index (χ0n) is 16.1. The van der Waals surface area contributed by atoms with E-state index in [1.807, 2.05) is 66.7 Å². The average molecular weight is 435 g/mol. The molecule has 0 unspecified atom stereocenters. The van der Waals surface area contributed by atoms with Gasteiger partial charge in [-0.2, -0.15) is 0 Å². The van der Waals surface area contributed by atoms with Gasteiger partial charge in [-0.3, -0.25) is 14.7 Å². The van der Waals surface area contributed by atoms with E-state index in [1.54, 1.807) is 24.4 Å². The van der Waals surface area contributed by atoms with E-state index < -0.39 is 0 Å². The molecule has 0 radical (unpaired) electrons. The first-order chi connectivity index (χ1) is 14.7. The van der Waals surface area contributed by atoms with E-state index in [-0.39, 0.29) is 5.91 Å². The number of para-hydroxylation sites is 1. The van der Waals surface area contributed by atoms with Gasteiger partial charge < -0.3 is 9.47 Å². The molecule has 150 valence electrons. The first kappa shape index (κ1) is 20.1. The lowest BCUT2D eigenvalue weighted by Crippen LogP contribution is -2.27. The summed E-state index contributed by atoms with van der Waals surface area (Å²) in [6.45, 7) is 0.411. The number of carbonyl (C=O) groups is 1.